The number of nitriles is 1. The van der Waals surface area contributed by atoms with Gasteiger partial charge in [0.05, 0.1) is 12.7 Å². The van der Waals surface area contributed by atoms with Gasteiger partial charge in [0.1, 0.15) is 11.6 Å². The lowest BCUT2D eigenvalue weighted by Gasteiger charge is -2.29. The van der Waals surface area contributed by atoms with Crippen molar-refractivity contribution in [3.8, 4) is 17.6 Å². The number of amides is 1. The molecule has 1 amide bonds. The fourth-order valence-corrected chi connectivity index (χ4v) is 3.60. The topological polar surface area (TPSA) is 101 Å². The van der Waals surface area contributed by atoms with Crippen LogP contribution in [0.25, 0.3) is 6.08 Å². The minimum atomic E-state index is -0.539. The predicted octanol–water partition coefficient (Wildman–Crippen LogP) is 3.91. The Labute approximate surface area is 181 Å². The average molecular weight is 419 g/mol. The first kappa shape index (κ1) is 22.0. The standard InChI is InChI=1S/C24H25N3O4/c1-16-5-3-4-6-20(16)27-23(28)19(15-25)13-17-7-8-21(22(14-17)30-2)31-24(29)18-9-11-26-12-10-18/h7-14,16,20H,3-6H2,1-2H3,(H,27,28)/b19-13+/t16-,20+/m0/s1. The number of carbonyl (C=O) groups is 2. The van der Waals surface area contributed by atoms with Crippen molar-refractivity contribution in [2.75, 3.05) is 7.11 Å². The number of pyridine rings is 1. The van der Waals surface area contributed by atoms with Gasteiger partial charge >= 0.3 is 5.97 Å². The summed E-state index contributed by atoms with van der Waals surface area (Å²) in [5.74, 6) is 0.0263. The van der Waals surface area contributed by atoms with E-state index in [-0.39, 0.29) is 23.3 Å². The van der Waals surface area contributed by atoms with Crippen molar-refractivity contribution in [3.63, 3.8) is 0 Å². The van der Waals surface area contributed by atoms with Crippen molar-refractivity contribution in [2.24, 2.45) is 5.92 Å². The van der Waals surface area contributed by atoms with Gasteiger partial charge in [0, 0.05) is 18.4 Å². The molecule has 0 radical (unpaired) electrons. The second kappa shape index (κ2) is 10.4. The number of nitrogens with one attached hydrogen (secondary N) is 1. The van der Waals surface area contributed by atoms with E-state index in [1.54, 1.807) is 30.3 Å². The zero-order valence-corrected chi connectivity index (χ0v) is 17.6. The number of carbonyl (C=O) groups excluding carboxylic acids is 2. The lowest BCUT2D eigenvalue weighted by atomic mass is 9.86. The van der Waals surface area contributed by atoms with Crippen LogP contribution in [0, 0.1) is 17.2 Å². The number of ether oxygens (including phenoxy) is 2. The van der Waals surface area contributed by atoms with Crippen LogP contribution in [0.5, 0.6) is 11.5 Å². The van der Waals surface area contributed by atoms with Crippen LogP contribution in [0.4, 0.5) is 0 Å². The predicted molar refractivity (Wildman–Crippen MR) is 115 cm³/mol. The van der Waals surface area contributed by atoms with E-state index in [0.717, 1.165) is 19.3 Å². The summed E-state index contributed by atoms with van der Waals surface area (Å²) >= 11 is 0. The zero-order valence-electron chi connectivity index (χ0n) is 17.6. The number of hydrogen-bond acceptors (Lipinski definition) is 6. The summed E-state index contributed by atoms with van der Waals surface area (Å²) in [5.41, 5.74) is 0.965. The molecule has 2 atom stereocenters. The molecular formula is C24H25N3O4. The van der Waals surface area contributed by atoms with Gasteiger partial charge in [-0.1, -0.05) is 25.8 Å². The van der Waals surface area contributed by atoms with Gasteiger partial charge in [-0.15, -0.1) is 0 Å². The highest BCUT2D eigenvalue weighted by Crippen LogP contribution is 2.30. The molecule has 0 saturated heterocycles. The van der Waals surface area contributed by atoms with Gasteiger partial charge in [-0.3, -0.25) is 9.78 Å². The Balaban J connectivity index is 1.75. The molecule has 1 aromatic carbocycles. The first-order chi connectivity index (χ1) is 15.0. The van der Waals surface area contributed by atoms with Crippen LogP contribution in [0.3, 0.4) is 0 Å². The molecule has 31 heavy (non-hydrogen) atoms. The van der Waals surface area contributed by atoms with Crippen LogP contribution >= 0.6 is 0 Å². The number of hydrogen-bond donors (Lipinski definition) is 1. The van der Waals surface area contributed by atoms with E-state index in [0.29, 0.717) is 22.8 Å². The molecule has 0 spiro atoms. The second-order valence-corrected chi connectivity index (χ2v) is 7.55. The smallest absolute Gasteiger partial charge is 0.343 e. The van der Waals surface area contributed by atoms with Crippen molar-refractivity contribution in [1.82, 2.24) is 10.3 Å². The number of aromatic nitrogens is 1. The van der Waals surface area contributed by atoms with Crippen LogP contribution in [-0.4, -0.2) is 30.0 Å². The fourth-order valence-electron chi connectivity index (χ4n) is 3.60. The molecule has 160 valence electrons. The van der Waals surface area contributed by atoms with Crippen LogP contribution in [0.15, 0.2) is 48.3 Å². The van der Waals surface area contributed by atoms with Crippen LogP contribution in [-0.2, 0) is 4.79 Å². The fraction of sp³-hybridized carbons (Fsp3) is 0.333. The SMILES string of the molecule is COc1cc(/C=C(\C#N)C(=O)N[C@@H]2CCCC[C@@H]2C)ccc1OC(=O)c1ccncc1. The first-order valence-corrected chi connectivity index (χ1v) is 10.2. The molecule has 1 aliphatic rings. The van der Waals surface area contributed by atoms with E-state index in [1.807, 2.05) is 6.07 Å². The van der Waals surface area contributed by atoms with Gasteiger partial charge in [-0.05, 0) is 54.7 Å². The summed E-state index contributed by atoms with van der Waals surface area (Å²) in [6, 6.07) is 10.0. The first-order valence-electron chi connectivity index (χ1n) is 10.2. The van der Waals surface area contributed by atoms with E-state index >= 15 is 0 Å². The molecule has 1 aromatic heterocycles. The molecule has 0 bridgehead atoms. The maximum absolute atomic E-state index is 12.6. The Morgan fingerprint density at radius 3 is 2.58 bits per heavy atom. The number of rotatable bonds is 6. The van der Waals surface area contributed by atoms with E-state index in [9.17, 15) is 14.9 Å². The van der Waals surface area contributed by atoms with Crippen molar-refractivity contribution in [2.45, 2.75) is 38.6 Å². The highest BCUT2D eigenvalue weighted by Gasteiger charge is 2.24. The van der Waals surface area contributed by atoms with Crippen molar-refractivity contribution >= 4 is 18.0 Å². The van der Waals surface area contributed by atoms with E-state index < -0.39 is 5.97 Å². The van der Waals surface area contributed by atoms with Crippen molar-refractivity contribution in [3.05, 3.63) is 59.4 Å². The summed E-state index contributed by atoms with van der Waals surface area (Å²) in [7, 11) is 1.45. The molecule has 1 aliphatic carbocycles. The van der Waals surface area contributed by atoms with Crippen LogP contribution < -0.4 is 14.8 Å². The summed E-state index contributed by atoms with van der Waals surface area (Å²) in [6.07, 6.45) is 8.77. The normalized spacial score (nSPS) is 18.5. The summed E-state index contributed by atoms with van der Waals surface area (Å²) in [5, 5.41) is 12.5. The number of nitrogens with zero attached hydrogens (tertiary/aromatic N) is 2. The molecule has 1 fully saturated rings. The van der Waals surface area contributed by atoms with Gasteiger partial charge < -0.3 is 14.8 Å². The van der Waals surface area contributed by atoms with Crippen molar-refractivity contribution < 1.29 is 19.1 Å². The molecule has 3 rings (SSSR count). The lowest BCUT2D eigenvalue weighted by Crippen LogP contribution is -2.41. The summed E-state index contributed by atoms with van der Waals surface area (Å²) in [6.45, 7) is 2.12. The highest BCUT2D eigenvalue weighted by molar-refractivity contribution is 6.02. The number of benzene rings is 1. The quantitative estimate of drug-likeness (QED) is 0.330. The molecule has 7 nitrogen and oxygen atoms in total. The molecule has 7 heteroatoms. The molecule has 1 saturated carbocycles. The molecule has 0 aliphatic heterocycles. The number of esters is 1. The average Bonchev–Trinajstić information content (AvgIpc) is 2.80. The Kier molecular flexibility index (Phi) is 7.39. The highest BCUT2D eigenvalue weighted by atomic mass is 16.6. The largest absolute Gasteiger partial charge is 0.493 e. The van der Waals surface area contributed by atoms with Gasteiger partial charge in [-0.25, -0.2) is 4.79 Å². The van der Waals surface area contributed by atoms with Gasteiger partial charge in [0.25, 0.3) is 5.91 Å². The van der Waals surface area contributed by atoms with E-state index in [1.165, 1.54) is 32.0 Å². The molecule has 1 heterocycles. The van der Waals surface area contributed by atoms with E-state index in [2.05, 4.69) is 17.2 Å². The molecule has 1 N–H and O–H groups in total. The Morgan fingerprint density at radius 1 is 1.16 bits per heavy atom. The van der Waals surface area contributed by atoms with Gasteiger partial charge in [-0.2, -0.15) is 5.26 Å². The summed E-state index contributed by atoms with van der Waals surface area (Å²) < 4.78 is 10.7. The van der Waals surface area contributed by atoms with Crippen LogP contribution in [0.1, 0.15) is 48.5 Å². The second-order valence-electron chi connectivity index (χ2n) is 7.55. The van der Waals surface area contributed by atoms with Gasteiger partial charge in [0.15, 0.2) is 11.5 Å². The Hall–Kier alpha value is -3.66. The Morgan fingerprint density at radius 2 is 1.90 bits per heavy atom. The monoisotopic (exact) mass is 419 g/mol. The maximum Gasteiger partial charge on any atom is 0.343 e. The van der Waals surface area contributed by atoms with Crippen molar-refractivity contribution in [1.29, 1.82) is 5.26 Å². The maximum atomic E-state index is 12.6. The molecular weight excluding hydrogens is 394 g/mol. The molecule has 0 unspecified atom stereocenters. The van der Waals surface area contributed by atoms with Crippen LogP contribution in [0.2, 0.25) is 0 Å². The molecule has 2 aromatic rings. The lowest BCUT2D eigenvalue weighted by molar-refractivity contribution is -0.118. The Bertz CT molecular complexity index is 1010. The third kappa shape index (κ3) is 5.70. The number of methoxy groups -OCH3 is 1. The third-order valence-corrected chi connectivity index (χ3v) is 5.41. The minimum absolute atomic E-state index is 0.0151. The van der Waals surface area contributed by atoms with Gasteiger partial charge in [0.2, 0.25) is 0 Å². The van der Waals surface area contributed by atoms with E-state index in [4.69, 9.17) is 9.47 Å². The minimum Gasteiger partial charge on any atom is -0.493 e. The third-order valence-electron chi connectivity index (χ3n) is 5.41. The summed E-state index contributed by atoms with van der Waals surface area (Å²) in [4.78, 5) is 28.8. The zero-order chi connectivity index (χ0) is 22.2.